The maximum Gasteiger partial charge on any atom is 0.394 e. The summed E-state index contributed by atoms with van der Waals surface area (Å²) in [5.74, 6) is -1.66. The minimum atomic E-state index is -4.33. The molecule has 0 fully saturated rings. The van der Waals surface area contributed by atoms with E-state index < -0.39 is 18.1 Å². The van der Waals surface area contributed by atoms with Gasteiger partial charge in [-0.3, -0.25) is 0 Å². The summed E-state index contributed by atoms with van der Waals surface area (Å²) in [7, 11) is 0. The summed E-state index contributed by atoms with van der Waals surface area (Å²) < 4.78 is 42.8. The van der Waals surface area contributed by atoms with Gasteiger partial charge in [0.05, 0.1) is 12.0 Å². The third-order valence-electron chi connectivity index (χ3n) is 6.77. The smallest absolute Gasteiger partial charge is 0.377 e. The van der Waals surface area contributed by atoms with Crippen molar-refractivity contribution in [2.45, 2.75) is 51.7 Å². The van der Waals surface area contributed by atoms with Gasteiger partial charge >= 0.3 is 6.18 Å². The molecule has 2 aromatic rings. The van der Waals surface area contributed by atoms with Gasteiger partial charge < -0.3 is 10.6 Å². The molecular formula is C25H26ClF3N2. The number of hydrogen-bond acceptors (Lipinski definition) is 2. The molecule has 0 saturated carbocycles. The van der Waals surface area contributed by atoms with Gasteiger partial charge in [0.25, 0.3) is 0 Å². The van der Waals surface area contributed by atoms with Gasteiger partial charge in [-0.1, -0.05) is 37.2 Å². The molecule has 2 N–H and O–H groups in total. The van der Waals surface area contributed by atoms with Crippen molar-refractivity contribution in [3.05, 3.63) is 75.4 Å². The Kier molecular flexibility index (Phi) is 5.59. The molecule has 164 valence electrons. The molecule has 0 bridgehead atoms. The quantitative estimate of drug-likeness (QED) is 0.504. The maximum atomic E-state index is 14.3. The molecule has 4 rings (SSSR count). The molecule has 1 aliphatic heterocycles. The molecule has 3 unspecified atom stereocenters. The summed E-state index contributed by atoms with van der Waals surface area (Å²) in [6.07, 6.45) is 0.00303. The number of nitrogens with one attached hydrogen (secondary N) is 2. The largest absolute Gasteiger partial charge is 0.394 e. The van der Waals surface area contributed by atoms with Gasteiger partial charge in [-0.05, 0) is 73.1 Å². The lowest BCUT2D eigenvalue weighted by atomic mass is 9.70. The summed E-state index contributed by atoms with van der Waals surface area (Å²) in [4.78, 5) is 0. The highest BCUT2D eigenvalue weighted by molar-refractivity contribution is 6.31. The van der Waals surface area contributed by atoms with E-state index in [0.717, 1.165) is 33.5 Å². The Bertz CT molecular complexity index is 1070. The fourth-order valence-electron chi connectivity index (χ4n) is 4.97. The SMILES string of the molecule is C=C1NC=Cc2c(NC3c4cc(Cl)c(C)c(C)c4C(CC)CC3C(F)(F)F)cccc21. The molecule has 0 radical (unpaired) electrons. The molecule has 0 aromatic heterocycles. The molecule has 0 spiro atoms. The monoisotopic (exact) mass is 446 g/mol. The first-order chi connectivity index (χ1) is 14.6. The number of rotatable bonds is 3. The van der Waals surface area contributed by atoms with Crippen LogP contribution < -0.4 is 10.6 Å². The number of anilines is 1. The zero-order valence-electron chi connectivity index (χ0n) is 17.8. The van der Waals surface area contributed by atoms with Crippen LogP contribution in [0.25, 0.3) is 11.8 Å². The zero-order chi connectivity index (χ0) is 22.5. The van der Waals surface area contributed by atoms with Gasteiger partial charge in [-0.15, -0.1) is 0 Å². The first kappa shape index (κ1) is 21.8. The molecule has 2 nitrogen and oxygen atoms in total. The minimum absolute atomic E-state index is 0.0612. The summed E-state index contributed by atoms with van der Waals surface area (Å²) in [5, 5.41) is 6.82. The van der Waals surface area contributed by atoms with Crippen LogP contribution >= 0.6 is 11.6 Å². The predicted octanol–water partition coefficient (Wildman–Crippen LogP) is 7.73. The highest BCUT2D eigenvalue weighted by Crippen LogP contribution is 2.52. The van der Waals surface area contributed by atoms with Gasteiger partial charge in [0.2, 0.25) is 0 Å². The Morgan fingerprint density at radius 1 is 1.23 bits per heavy atom. The van der Waals surface area contributed by atoms with Gasteiger partial charge in [0.1, 0.15) is 0 Å². The molecule has 0 amide bonds. The molecule has 0 saturated heterocycles. The lowest BCUT2D eigenvalue weighted by Crippen LogP contribution is -2.38. The first-order valence-electron chi connectivity index (χ1n) is 10.5. The van der Waals surface area contributed by atoms with Crippen LogP contribution in [0.2, 0.25) is 5.02 Å². The molecule has 1 aliphatic carbocycles. The number of benzene rings is 2. The number of halogens is 4. The van der Waals surface area contributed by atoms with Crippen LogP contribution in [0.5, 0.6) is 0 Å². The van der Waals surface area contributed by atoms with Gasteiger partial charge in [-0.25, -0.2) is 0 Å². The normalized spacial score (nSPS) is 22.5. The molecule has 3 atom stereocenters. The third-order valence-corrected chi connectivity index (χ3v) is 7.16. The summed E-state index contributed by atoms with van der Waals surface area (Å²) in [6.45, 7) is 9.85. The van der Waals surface area contributed by atoms with Crippen molar-refractivity contribution in [2.24, 2.45) is 5.92 Å². The topological polar surface area (TPSA) is 24.1 Å². The standard InChI is InChI=1S/C25H26ClF3N2/c1-5-16-11-20(25(27,28)29)24(19-12-21(26)13(2)14(3)23(16)19)31-22-8-6-7-17-15(4)30-10-9-18(17)22/h6-10,12,16,20,24,30-31H,4-5,11H2,1-3H3. The molecule has 2 aromatic carbocycles. The van der Waals surface area contributed by atoms with Crippen LogP contribution in [0.15, 0.2) is 37.0 Å². The van der Waals surface area contributed by atoms with E-state index in [4.69, 9.17) is 11.6 Å². The van der Waals surface area contributed by atoms with E-state index in [1.54, 1.807) is 12.3 Å². The average molecular weight is 447 g/mol. The highest BCUT2D eigenvalue weighted by atomic mass is 35.5. The summed E-state index contributed by atoms with van der Waals surface area (Å²) in [5.41, 5.74) is 6.68. The van der Waals surface area contributed by atoms with Crippen molar-refractivity contribution in [2.75, 3.05) is 5.32 Å². The van der Waals surface area contributed by atoms with E-state index in [1.807, 2.05) is 45.0 Å². The van der Waals surface area contributed by atoms with Gasteiger partial charge in [-0.2, -0.15) is 13.2 Å². The van der Waals surface area contributed by atoms with Gasteiger partial charge in [0.15, 0.2) is 0 Å². The maximum absolute atomic E-state index is 14.3. The van der Waals surface area contributed by atoms with Crippen LogP contribution in [0, 0.1) is 19.8 Å². The van der Waals surface area contributed by atoms with Crippen molar-refractivity contribution in [3.8, 4) is 0 Å². The van der Waals surface area contributed by atoms with E-state index >= 15 is 0 Å². The second-order valence-electron chi connectivity index (χ2n) is 8.45. The van der Waals surface area contributed by atoms with E-state index in [9.17, 15) is 13.2 Å². The third kappa shape index (κ3) is 3.73. The average Bonchev–Trinajstić information content (AvgIpc) is 2.72. The van der Waals surface area contributed by atoms with Crippen LogP contribution in [0.3, 0.4) is 0 Å². The molecule has 2 aliphatic rings. The summed E-state index contributed by atoms with van der Waals surface area (Å²) >= 11 is 6.47. The molecule has 6 heteroatoms. The van der Waals surface area contributed by atoms with E-state index in [-0.39, 0.29) is 12.3 Å². The van der Waals surface area contributed by atoms with Crippen molar-refractivity contribution >= 4 is 29.1 Å². The highest BCUT2D eigenvalue weighted by Gasteiger charge is 2.50. The fourth-order valence-corrected chi connectivity index (χ4v) is 5.23. The number of alkyl halides is 3. The summed E-state index contributed by atoms with van der Waals surface area (Å²) in [6, 6.07) is 6.39. The van der Waals surface area contributed by atoms with Gasteiger partial charge in [0, 0.05) is 33.7 Å². The van der Waals surface area contributed by atoms with Crippen molar-refractivity contribution in [3.63, 3.8) is 0 Å². The molecule has 1 heterocycles. The lowest BCUT2D eigenvalue weighted by molar-refractivity contribution is -0.184. The number of hydrogen-bond donors (Lipinski definition) is 2. The first-order valence-corrected chi connectivity index (χ1v) is 10.9. The van der Waals surface area contributed by atoms with E-state index in [1.165, 1.54) is 0 Å². The van der Waals surface area contributed by atoms with Crippen molar-refractivity contribution in [1.29, 1.82) is 0 Å². The minimum Gasteiger partial charge on any atom is -0.377 e. The predicted molar refractivity (Wildman–Crippen MR) is 122 cm³/mol. The lowest BCUT2D eigenvalue weighted by Gasteiger charge is -2.41. The Morgan fingerprint density at radius 3 is 2.65 bits per heavy atom. The Balaban J connectivity index is 1.89. The Hall–Kier alpha value is -2.40. The molecular weight excluding hydrogens is 421 g/mol. The van der Waals surface area contributed by atoms with Crippen LogP contribution in [0.4, 0.5) is 18.9 Å². The van der Waals surface area contributed by atoms with Crippen LogP contribution in [-0.2, 0) is 0 Å². The zero-order valence-corrected chi connectivity index (χ0v) is 18.6. The second-order valence-corrected chi connectivity index (χ2v) is 8.85. The fraction of sp³-hybridized carbons (Fsp3) is 0.360. The Morgan fingerprint density at radius 2 is 1.97 bits per heavy atom. The van der Waals surface area contributed by atoms with E-state index in [0.29, 0.717) is 22.7 Å². The van der Waals surface area contributed by atoms with Crippen molar-refractivity contribution < 1.29 is 13.2 Å². The van der Waals surface area contributed by atoms with Crippen molar-refractivity contribution in [1.82, 2.24) is 5.32 Å². The van der Waals surface area contributed by atoms with E-state index in [2.05, 4.69) is 17.2 Å². The van der Waals surface area contributed by atoms with Crippen LogP contribution in [-0.4, -0.2) is 6.18 Å². The second kappa shape index (κ2) is 7.94. The Labute approximate surface area is 186 Å². The number of fused-ring (bicyclic) bond motifs is 2. The van der Waals surface area contributed by atoms with Crippen LogP contribution in [0.1, 0.15) is 65.1 Å². The molecule has 31 heavy (non-hydrogen) atoms.